The molecular weight excluding hydrogens is 304 g/mol. The summed E-state index contributed by atoms with van der Waals surface area (Å²) in [4.78, 5) is 2.64. The molecule has 0 aromatic heterocycles. The molecule has 0 heterocycles. The average Bonchev–Trinajstić information content (AvgIpc) is 2.59. The van der Waals surface area contributed by atoms with Gasteiger partial charge in [0, 0.05) is 9.79 Å². The van der Waals surface area contributed by atoms with E-state index in [9.17, 15) is 0 Å². The summed E-state index contributed by atoms with van der Waals surface area (Å²) in [5.74, 6) is 1.31. The molecule has 2 heteroatoms. The van der Waals surface area contributed by atoms with Crippen molar-refractivity contribution in [1.82, 2.24) is 0 Å². The van der Waals surface area contributed by atoms with Gasteiger partial charge >= 0.3 is 0 Å². The zero-order valence-electron chi connectivity index (χ0n) is 14.0. The van der Waals surface area contributed by atoms with Crippen molar-refractivity contribution < 1.29 is 0 Å². The second-order valence-corrected chi connectivity index (χ2v) is 8.20. The molecule has 0 radical (unpaired) electrons. The Labute approximate surface area is 143 Å². The molecule has 0 bridgehead atoms. The van der Waals surface area contributed by atoms with Gasteiger partial charge in [0.05, 0.1) is 0 Å². The zero-order valence-corrected chi connectivity index (χ0v) is 15.6. The fourth-order valence-electron chi connectivity index (χ4n) is 2.27. The topological polar surface area (TPSA) is 0 Å². The van der Waals surface area contributed by atoms with Gasteiger partial charge in [-0.15, -0.1) is 0 Å². The number of hydrogen-bond acceptors (Lipinski definition) is 2. The summed E-state index contributed by atoms with van der Waals surface area (Å²) in [6.45, 7) is 9.06. The molecule has 0 spiro atoms. The van der Waals surface area contributed by atoms with Crippen LogP contribution in [0.25, 0.3) is 0 Å². The second-order valence-electron chi connectivity index (χ2n) is 5.92. The van der Waals surface area contributed by atoms with Gasteiger partial charge in [0.15, 0.2) is 0 Å². The smallest absolute Gasteiger partial charge is 0.0186 e. The molecule has 0 N–H and O–H groups in total. The molecule has 0 aliphatic rings. The highest BCUT2D eigenvalue weighted by atomic mass is 33.1. The van der Waals surface area contributed by atoms with Crippen molar-refractivity contribution in [2.45, 2.75) is 62.2 Å². The van der Waals surface area contributed by atoms with Crippen LogP contribution in [-0.2, 0) is 0 Å². The molecule has 2 rings (SSSR count). The van der Waals surface area contributed by atoms with E-state index in [1.165, 1.54) is 33.8 Å². The van der Waals surface area contributed by atoms with Crippen LogP contribution >= 0.6 is 21.6 Å². The van der Waals surface area contributed by atoms with E-state index in [0.717, 1.165) is 0 Å². The Hall–Kier alpha value is -0.860. The minimum absolute atomic E-state index is 0.653. The quantitative estimate of drug-likeness (QED) is 0.482. The molecule has 0 aliphatic heterocycles. The van der Waals surface area contributed by atoms with Crippen molar-refractivity contribution in [3.8, 4) is 0 Å². The van der Waals surface area contributed by atoms with E-state index in [0.29, 0.717) is 11.8 Å². The Morgan fingerprint density at radius 3 is 1.23 bits per heavy atom. The van der Waals surface area contributed by atoms with Crippen molar-refractivity contribution in [2.75, 3.05) is 0 Å². The Morgan fingerprint density at radius 1 is 0.636 bits per heavy atom. The molecule has 2 aromatic carbocycles. The highest BCUT2D eigenvalue weighted by Crippen LogP contribution is 2.38. The highest BCUT2D eigenvalue weighted by Gasteiger charge is 2.05. The lowest BCUT2D eigenvalue weighted by molar-refractivity contribution is 0.733. The first kappa shape index (κ1) is 17.5. The largest absolute Gasteiger partial charge is 0.0648 e. The summed E-state index contributed by atoms with van der Waals surface area (Å²) in [6.07, 6.45) is 2.40. The van der Waals surface area contributed by atoms with Crippen molar-refractivity contribution in [1.29, 1.82) is 0 Å². The molecule has 0 aliphatic carbocycles. The van der Waals surface area contributed by atoms with Gasteiger partial charge in [-0.1, -0.05) is 73.5 Å². The third-order valence-electron chi connectivity index (χ3n) is 4.36. The second kappa shape index (κ2) is 8.69. The van der Waals surface area contributed by atoms with Gasteiger partial charge in [-0.05, 0) is 60.1 Å². The van der Waals surface area contributed by atoms with E-state index < -0.39 is 0 Å². The number of hydrogen-bond donors (Lipinski definition) is 0. The molecule has 0 saturated carbocycles. The molecule has 118 valence electrons. The summed E-state index contributed by atoms with van der Waals surface area (Å²) in [5.41, 5.74) is 2.88. The molecule has 0 saturated heterocycles. The van der Waals surface area contributed by atoms with Crippen LogP contribution in [0.5, 0.6) is 0 Å². The predicted molar refractivity (Wildman–Crippen MR) is 102 cm³/mol. The van der Waals surface area contributed by atoms with Crippen LogP contribution in [0.2, 0.25) is 0 Å². The molecule has 2 aromatic rings. The lowest BCUT2D eigenvalue weighted by atomic mass is 9.99. The molecule has 22 heavy (non-hydrogen) atoms. The summed E-state index contributed by atoms with van der Waals surface area (Å²) in [7, 11) is 3.68. The van der Waals surface area contributed by atoms with E-state index in [1.54, 1.807) is 0 Å². The molecular formula is C20H26S2. The minimum atomic E-state index is 0.653. The monoisotopic (exact) mass is 330 g/mol. The SMILES string of the molecule is CCC(C)c1ccc(SSc2ccc(C(C)CC)cc2)cc1. The molecule has 0 fully saturated rings. The van der Waals surface area contributed by atoms with Crippen LogP contribution in [0, 0.1) is 0 Å². The highest BCUT2D eigenvalue weighted by molar-refractivity contribution is 8.76. The number of rotatable bonds is 7. The minimum Gasteiger partial charge on any atom is -0.0648 e. The third-order valence-corrected chi connectivity index (χ3v) is 6.77. The van der Waals surface area contributed by atoms with E-state index in [4.69, 9.17) is 0 Å². The lowest BCUT2D eigenvalue weighted by Crippen LogP contribution is -1.90. The Kier molecular flexibility index (Phi) is 6.91. The molecule has 2 unspecified atom stereocenters. The Bertz CT molecular complexity index is 504. The van der Waals surface area contributed by atoms with E-state index in [1.807, 2.05) is 21.6 Å². The first-order chi connectivity index (χ1) is 10.6. The maximum absolute atomic E-state index is 2.29. The summed E-state index contributed by atoms with van der Waals surface area (Å²) < 4.78 is 0. The van der Waals surface area contributed by atoms with Gasteiger partial charge in [0.25, 0.3) is 0 Å². The first-order valence-electron chi connectivity index (χ1n) is 8.18. The van der Waals surface area contributed by atoms with Crippen molar-refractivity contribution in [3.05, 3.63) is 59.7 Å². The standard InChI is InChI=1S/C20H26S2/c1-5-15(3)17-7-11-19(12-8-17)21-22-20-13-9-18(10-14-20)16(4)6-2/h7-16H,5-6H2,1-4H3. The third kappa shape index (κ3) is 4.82. The van der Waals surface area contributed by atoms with Crippen LogP contribution in [-0.4, -0.2) is 0 Å². The van der Waals surface area contributed by atoms with Crippen LogP contribution in [0.4, 0.5) is 0 Å². The fourth-order valence-corrected chi connectivity index (χ4v) is 4.20. The lowest BCUT2D eigenvalue weighted by Gasteiger charge is -2.10. The Balaban J connectivity index is 1.92. The van der Waals surface area contributed by atoms with Gasteiger partial charge in [0.1, 0.15) is 0 Å². The van der Waals surface area contributed by atoms with Gasteiger partial charge < -0.3 is 0 Å². The fraction of sp³-hybridized carbons (Fsp3) is 0.400. The first-order valence-corrected chi connectivity index (χ1v) is 10.3. The molecule has 0 nitrogen and oxygen atoms in total. The summed E-state index contributed by atoms with van der Waals surface area (Å²) >= 11 is 0. The van der Waals surface area contributed by atoms with E-state index in [2.05, 4.69) is 76.2 Å². The predicted octanol–water partition coefficient (Wildman–Crippen LogP) is 7.51. The zero-order chi connectivity index (χ0) is 15.9. The number of benzene rings is 2. The molecule has 0 amide bonds. The van der Waals surface area contributed by atoms with E-state index >= 15 is 0 Å². The summed E-state index contributed by atoms with van der Waals surface area (Å²) in [5, 5.41) is 0. The van der Waals surface area contributed by atoms with Gasteiger partial charge in [-0.3, -0.25) is 0 Å². The van der Waals surface area contributed by atoms with Gasteiger partial charge in [0.2, 0.25) is 0 Å². The molecule has 2 atom stereocenters. The van der Waals surface area contributed by atoms with Crippen LogP contribution < -0.4 is 0 Å². The van der Waals surface area contributed by atoms with Gasteiger partial charge in [-0.25, -0.2) is 0 Å². The maximum atomic E-state index is 2.29. The van der Waals surface area contributed by atoms with Gasteiger partial charge in [-0.2, -0.15) is 0 Å². The van der Waals surface area contributed by atoms with Crippen LogP contribution in [0.15, 0.2) is 58.3 Å². The van der Waals surface area contributed by atoms with E-state index in [-0.39, 0.29) is 0 Å². The normalized spacial score (nSPS) is 13.8. The van der Waals surface area contributed by atoms with Crippen LogP contribution in [0.3, 0.4) is 0 Å². The summed E-state index contributed by atoms with van der Waals surface area (Å²) in [6, 6.07) is 18.0. The van der Waals surface area contributed by atoms with Crippen LogP contribution in [0.1, 0.15) is 63.5 Å². The average molecular weight is 331 g/mol. The maximum Gasteiger partial charge on any atom is 0.0186 e. The van der Waals surface area contributed by atoms with Crippen molar-refractivity contribution >= 4 is 21.6 Å². The van der Waals surface area contributed by atoms with Crippen molar-refractivity contribution in [3.63, 3.8) is 0 Å². The Morgan fingerprint density at radius 2 is 0.955 bits per heavy atom. The van der Waals surface area contributed by atoms with Crippen molar-refractivity contribution in [2.24, 2.45) is 0 Å².